The second-order valence-electron chi connectivity index (χ2n) is 5.65. The number of carbonyl (C=O) groups excluding carboxylic acids is 2. The van der Waals surface area contributed by atoms with Gasteiger partial charge in [0.25, 0.3) is 0 Å². The summed E-state index contributed by atoms with van der Waals surface area (Å²) in [5, 5.41) is 8.29. The number of benzene rings is 1. The van der Waals surface area contributed by atoms with E-state index >= 15 is 0 Å². The fraction of sp³-hybridized carbons (Fsp3) is 0.529. The Morgan fingerprint density at radius 1 is 1.25 bits per heavy atom. The standard InChI is InChI=1S/C17H25N3O4/c1-23-10-11-24-14-7-5-13(6-8-14)12-19-17(22)20-15-4-2-3-9-18-16(15)21/h5-8,15H,2-4,9-12H2,1H3,(H,18,21)(H2,19,20,22)/t15-/m1/s1. The van der Waals surface area contributed by atoms with E-state index in [-0.39, 0.29) is 11.9 Å². The van der Waals surface area contributed by atoms with E-state index in [9.17, 15) is 9.59 Å². The zero-order valence-electron chi connectivity index (χ0n) is 14.0. The van der Waals surface area contributed by atoms with Crippen LogP contribution in [0.5, 0.6) is 5.75 Å². The molecule has 1 aromatic rings. The molecule has 1 atom stereocenters. The first-order valence-electron chi connectivity index (χ1n) is 8.22. The summed E-state index contributed by atoms with van der Waals surface area (Å²) in [4.78, 5) is 23.7. The summed E-state index contributed by atoms with van der Waals surface area (Å²) in [6.45, 7) is 2.11. The van der Waals surface area contributed by atoms with Crippen LogP contribution < -0.4 is 20.7 Å². The Labute approximate surface area is 142 Å². The quantitative estimate of drug-likeness (QED) is 0.653. The summed E-state index contributed by atoms with van der Waals surface area (Å²) in [7, 11) is 1.63. The number of amides is 3. The number of rotatable bonds is 7. The Morgan fingerprint density at radius 2 is 2.04 bits per heavy atom. The molecule has 0 bridgehead atoms. The van der Waals surface area contributed by atoms with Crippen LogP contribution in [-0.2, 0) is 16.1 Å². The minimum Gasteiger partial charge on any atom is -0.491 e. The SMILES string of the molecule is COCCOc1ccc(CNC(=O)N[C@@H]2CCCCNC2=O)cc1. The van der Waals surface area contributed by atoms with E-state index in [2.05, 4.69) is 16.0 Å². The van der Waals surface area contributed by atoms with Gasteiger partial charge in [-0.15, -0.1) is 0 Å². The maximum atomic E-state index is 11.9. The Morgan fingerprint density at radius 3 is 2.79 bits per heavy atom. The molecule has 0 spiro atoms. The zero-order chi connectivity index (χ0) is 17.2. The Balaban J connectivity index is 1.73. The average Bonchev–Trinajstić information content (AvgIpc) is 2.79. The van der Waals surface area contributed by atoms with E-state index < -0.39 is 6.04 Å². The van der Waals surface area contributed by atoms with Gasteiger partial charge in [0.15, 0.2) is 0 Å². The number of hydrogen-bond donors (Lipinski definition) is 3. The van der Waals surface area contributed by atoms with E-state index in [0.717, 1.165) is 24.2 Å². The number of carbonyl (C=O) groups is 2. The van der Waals surface area contributed by atoms with Crippen LogP contribution >= 0.6 is 0 Å². The highest BCUT2D eigenvalue weighted by Crippen LogP contribution is 2.12. The molecule has 2 rings (SSSR count). The molecule has 0 aromatic heterocycles. The molecule has 1 saturated heterocycles. The molecule has 132 valence electrons. The second-order valence-corrected chi connectivity index (χ2v) is 5.65. The third-order valence-corrected chi connectivity index (χ3v) is 3.77. The predicted molar refractivity (Wildman–Crippen MR) is 89.8 cm³/mol. The lowest BCUT2D eigenvalue weighted by Gasteiger charge is -2.16. The van der Waals surface area contributed by atoms with Gasteiger partial charge in [0.05, 0.1) is 6.61 Å². The van der Waals surface area contributed by atoms with E-state index in [1.807, 2.05) is 24.3 Å². The maximum Gasteiger partial charge on any atom is 0.315 e. The summed E-state index contributed by atoms with van der Waals surface area (Å²) in [6, 6.07) is 6.69. The first kappa shape index (κ1) is 18.1. The molecule has 24 heavy (non-hydrogen) atoms. The van der Waals surface area contributed by atoms with Gasteiger partial charge in [0.1, 0.15) is 18.4 Å². The van der Waals surface area contributed by atoms with E-state index in [0.29, 0.717) is 32.7 Å². The van der Waals surface area contributed by atoms with E-state index in [4.69, 9.17) is 9.47 Å². The highest BCUT2D eigenvalue weighted by molar-refractivity contribution is 5.87. The van der Waals surface area contributed by atoms with E-state index in [1.165, 1.54) is 0 Å². The molecule has 3 N–H and O–H groups in total. The van der Waals surface area contributed by atoms with Crippen LogP contribution in [0.4, 0.5) is 4.79 Å². The van der Waals surface area contributed by atoms with Crippen LogP contribution in [0.15, 0.2) is 24.3 Å². The third kappa shape index (κ3) is 6.08. The molecule has 7 nitrogen and oxygen atoms in total. The van der Waals surface area contributed by atoms with E-state index in [1.54, 1.807) is 7.11 Å². The Kier molecular flexibility index (Phi) is 7.35. The molecule has 1 fully saturated rings. The van der Waals surface area contributed by atoms with Crippen molar-refractivity contribution >= 4 is 11.9 Å². The molecule has 1 aliphatic rings. The van der Waals surface area contributed by atoms with Crippen molar-refractivity contribution in [2.24, 2.45) is 0 Å². The van der Waals surface area contributed by atoms with Crippen molar-refractivity contribution in [1.82, 2.24) is 16.0 Å². The van der Waals surface area contributed by atoms with Gasteiger partial charge in [-0.05, 0) is 37.0 Å². The van der Waals surface area contributed by atoms with Gasteiger partial charge in [-0.1, -0.05) is 12.1 Å². The summed E-state index contributed by atoms with van der Waals surface area (Å²) >= 11 is 0. The Hall–Kier alpha value is -2.28. The lowest BCUT2D eigenvalue weighted by Crippen LogP contribution is -2.48. The number of nitrogens with one attached hydrogen (secondary N) is 3. The molecular weight excluding hydrogens is 310 g/mol. The summed E-state index contributed by atoms with van der Waals surface area (Å²) < 4.78 is 10.4. The van der Waals surface area contributed by atoms with Crippen molar-refractivity contribution in [3.63, 3.8) is 0 Å². The van der Waals surface area contributed by atoms with Gasteiger partial charge < -0.3 is 25.4 Å². The minimum absolute atomic E-state index is 0.111. The molecule has 1 heterocycles. The van der Waals surface area contributed by atoms with Crippen molar-refractivity contribution in [3.05, 3.63) is 29.8 Å². The predicted octanol–water partition coefficient (Wildman–Crippen LogP) is 1.18. The number of ether oxygens (including phenoxy) is 2. The highest BCUT2D eigenvalue weighted by atomic mass is 16.5. The summed E-state index contributed by atoms with van der Waals surface area (Å²) in [6.07, 6.45) is 2.55. The largest absolute Gasteiger partial charge is 0.491 e. The fourth-order valence-electron chi connectivity index (χ4n) is 2.42. The molecule has 7 heteroatoms. The van der Waals surface area contributed by atoms with Gasteiger partial charge in [0.2, 0.25) is 5.91 Å². The molecule has 0 unspecified atom stereocenters. The first-order chi connectivity index (χ1) is 11.7. The number of methoxy groups -OCH3 is 1. The van der Waals surface area contributed by atoms with Crippen molar-refractivity contribution < 1.29 is 19.1 Å². The lowest BCUT2D eigenvalue weighted by atomic mass is 10.1. The topological polar surface area (TPSA) is 88.7 Å². The van der Waals surface area contributed by atoms with Gasteiger partial charge in [0, 0.05) is 20.2 Å². The number of urea groups is 1. The molecule has 0 radical (unpaired) electrons. The molecule has 1 aliphatic heterocycles. The third-order valence-electron chi connectivity index (χ3n) is 3.77. The monoisotopic (exact) mass is 335 g/mol. The fourth-order valence-corrected chi connectivity index (χ4v) is 2.42. The minimum atomic E-state index is -0.455. The van der Waals surface area contributed by atoms with Crippen LogP contribution in [0, 0.1) is 0 Å². The average molecular weight is 335 g/mol. The van der Waals surface area contributed by atoms with Crippen LogP contribution in [0.3, 0.4) is 0 Å². The van der Waals surface area contributed by atoms with Crippen molar-refractivity contribution in [2.75, 3.05) is 26.9 Å². The van der Waals surface area contributed by atoms with Gasteiger partial charge in [-0.25, -0.2) is 4.79 Å². The van der Waals surface area contributed by atoms with Crippen LogP contribution in [0.25, 0.3) is 0 Å². The zero-order valence-corrected chi connectivity index (χ0v) is 14.0. The normalized spacial score (nSPS) is 17.5. The maximum absolute atomic E-state index is 11.9. The first-order valence-corrected chi connectivity index (χ1v) is 8.22. The van der Waals surface area contributed by atoms with Crippen LogP contribution in [0.1, 0.15) is 24.8 Å². The van der Waals surface area contributed by atoms with Crippen LogP contribution in [0.2, 0.25) is 0 Å². The van der Waals surface area contributed by atoms with Crippen molar-refractivity contribution in [2.45, 2.75) is 31.8 Å². The summed E-state index contributed by atoms with van der Waals surface area (Å²) in [5.74, 6) is 0.649. The summed E-state index contributed by atoms with van der Waals surface area (Å²) in [5.41, 5.74) is 0.953. The molecule has 0 saturated carbocycles. The molecular formula is C17H25N3O4. The van der Waals surface area contributed by atoms with Gasteiger partial charge >= 0.3 is 6.03 Å². The molecule has 0 aliphatic carbocycles. The molecule has 3 amide bonds. The smallest absolute Gasteiger partial charge is 0.315 e. The van der Waals surface area contributed by atoms with Crippen LogP contribution in [-0.4, -0.2) is 44.8 Å². The van der Waals surface area contributed by atoms with Gasteiger partial charge in [-0.2, -0.15) is 0 Å². The Bertz CT molecular complexity index is 533. The van der Waals surface area contributed by atoms with Crippen molar-refractivity contribution in [3.8, 4) is 5.75 Å². The van der Waals surface area contributed by atoms with Crippen molar-refractivity contribution in [1.29, 1.82) is 0 Å². The van der Waals surface area contributed by atoms with Gasteiger partial charge in [-0.3, -0.25) is 4.79 Å². The highest BCUT2D eigenvalue weighted by Gasteiger charge is 2.21. The number of hydrogen-bond acceptors (Lipinski definition) is 4. The molecule has 1 aromatic carbocycles. The second kappa shape index (κ2) is 9.77. The lowest BCUT2D eigenvalue weighted by molar-refractivity contribution is -0.122.